The molecule has 0 amide bonds. The summed E-state index contributed by atoms with van der Waals surface area (Å²) in [6.07, 6.45) is 3.23. The highest BCUT2D eigenvalue weighted by atomic mass is 19.1. The van der Waals surface area contributed by atoms with Crippen LogP contribution in [-0.4, -0.2) is 69.4 Å². The Labute approximate surface area is 167 Å². The topological polar surface area (TPSA) is 58.1 Å². The second-order valence-electron chi connectivity index (χ2n) is 7.76. The fourth-order valence-electron chi connectivity index (χ4n) is 3.78. The normalized spacial score (nSPS) is 22.8. The smallest absolute Gasteiger partial charge is 0.191 e. The van der Waals surface area contributed by atoms with Crippen LogP contribution in [0.25, 0.3) is 0 Å². The van der Waals surface area contributed by atoms with Crippen molar-refractivity contribution in [1.29, 1.82) is 0 Å². The molecule has 0 spiro atoms. The molecule has 2 saturated heterocycles. The molecule has 0 radical (unpaired) electrons. The SMILES string of the molecule is CN=C(NCC(C)Oc1ccccc1F)NC1CCN(CC2CCOC2)CC1. The average Bonchev–Trinajstić information content (AvgIpc) is 3.21. The second kappa shape index (κ2) is 10.6. The van der Waals surface area contributed by atoms with Crippen LogP contribution in [0.3, 0.4) is 0 Å². The van der Waals surface area contributed by atoms with Gasteiger partial charge in [-0.1, -0.05) is 12.1 Å². The highest BCUT2D eigenvalue weighted by molar-refractivity contribution is 5.80. The number of nitrogens with one attached hydrogen (secondary N) is 2. The Morgan fingerprint density at radius 2 is 2.11 bits per heavy atom. The van der Waals surface area contributed by atoms with E-state index in [0.717, 1.165) is 51.6 Å². The van der Waals surface area contributed by atoms with Gasteiger partial charge in [-0.2, -0.15) is 0 Å². The van der Waals surface area contributed by atoms with Gasteiger partial charge in [0.1, 0.15) is 6.10 Å². The van der Waals surface area contributed by atoms with E-state index >= 15 is 0 Å². The lowest BCUT2D eigenvalue weighted by Gasteiger charge is -2.34. The summed E-state index contributed by atoms with van der Waals surface area (Å²) in [6, 6.07) is 6.89. The number of para-hydroxylation sites is 1. The van der Waals surface area contributed by atoms with E-state index < -0.39 is 0 Å². The summed E-state index contributed by atoms with van der Waals surface area (Å²) in [5.41, 5.74) is 0. The molecule has 2 aliphatic heterocycles. The molecule has 2 unspecified atom stereocenters. The number of aliphatic imine (C=N–C) groups is 1. The Morgan fingerprint density at radius 1 is 1.32 bits per heavy atom. The monoisotopic (exact) mass is 392 g/mol. The highest BCUT2D eigenvalue weighted by Crippen LogP contribution is 2.18. The fourth-order valence-corrected chi connectivity index (χ4v) is 3.78. The fraction of sp³-hybridized carbons (Fsp3) is 0.667. The summed E-state index contributed by atoms with van der Waals surface area (Å²) < 4.78 is 24.8. The Hall–Kier alpha value is -1.86. The number of ether oxygens (including phenoxy) is 2. The van der Waals surface area contributed by atoms with E-state index in [0.29, 0.717) is 18.5 Å². The minimum Gasteiger partial charge on any atom is -0.486 e. The van der Waals surface area contributed by atoms with Crippen LogP contribution in [-0.2, 0) is 4.74 Å². The predicted octanol–water partition coefficient (Wildman–Crippen LogP) is 2.26. The first kappa shape index (κ1) is 20.9. The lowest BCUT2D eigenvalue weighted by molar-refractivity contribution is 0.150. The van der Waals surface area contributed by atoms with Crippen LogP contribution >= 0.6 is 0 Å². The molecule has 2 aliphatic rings. The number of benzene rings is 1. The second-order valence-corrected chi connectivity index (χ2v) is 7.76. The van der Waals surface area contributed by atoms with Gasteiger partial charge >= 0.3 is 0 Å². The zero-order valence-electron chi connectivity index (χ0n) is 17.0. The summed E-state index contributed by atoms with van der Waals surface area (Å²) in [4.78, 5) is 6.87. The molecule has 28 heavy (non-hydrogen) atoms. The van der Waals surface area contributed by atoms with Gasteiger partial charge in [0, 0.05) is 39.3 Å². The van der Waals surface area contributed by atoms with Gasteiger partial charge in [0.2, 0.25) is 0 Å². The summed E-state index contributed by atoms with van der Waals surface area (Å²) in [7, 11) is 1.77. The van der Waals surface area contributed by atoms with Gasteiger partial charge in [0.05, 0.1) is 13.2 Å². The standard InChI is InChI=1S/C21H33FN4O2/c1-16(28-20-6-4-3-5-19(20)22)13-24-21(23-2)25-18-7-10-26(11-8-18)14-17-9-12-27-15-17/h3-6,16-18H,7-15H2,1-2H3,(H2,23,24,25). The van der Waals surface area contributed by atoms with Gasteiger partial charge in [-0.05, 0) is 44.2 Å². The first-order chi connectivity index (χ1) is 13.6. The molecule has 0 aliphatic carbocycles. The maximum absolute atomic E-state index is 13.7. The largest absolute Gasteiger partial charge is 0.486 e. The van der Waals surface area contributed by atoms with Crippen molar-refractivity contribution >= 4 is 5.96 Å². The molecule has 2 N–H and O–H groups in total. The number of likely N-dealkylation sites (tertiary alicyclic amines) is 1. The quantitative estimate of drug-likeness (QED) is 0.551. The minimum absolute atomic E-state index is 0.175. The number of halogens is 1. The van der Waals surface area contributed by atoms with Gasteiger partial charge in [-0.3, -0.25) is 4.99 Å². The maximum atomic E-state index is 13.7. The van der Waals surface area contributed by atoms with Crippen molar-refractivity contribution in [1.82, 2.24) is 15.5 Å². The zero-order chi connectivity index (χ0) is 19.8. The molecule has 1 aromatic rings. The molecule has 156 valence electrons. The van der Waals surface area contributed by atoms with Crippen LogP contribution in [0.15, 0.2) is 29.3 Å². The molecule has 0 aromatic heterocycles. The molecular weight excluding hydrogens is 359 g/mol. The van der Waals surface area contributed by atoms with Crippen molar-refractivity contribution in [2.45, 2.75) is 38.3 Å². The molecular formula is C21H33FN4O2. The number of rotatable bonds is 7. The third-order valence-corrected chi connectivity index (χ3v) is 5.41. The van der Waals surface area contributed by atoms with Gasteiger partial charge in [-0.15, -0.1) is 0 Å². The third-order valence-electron chi connectivity index (χ3n) is 5.41. The van der Waals surface area contributed by atoms with Gasteiger partial charge < -0.3 is 25.0 Å². The van der Waals surface area contributed by atoms with Crippen LogP contribution in [0.2, 0.25) is 0 Å². The highest BCUT2D eigenvalue weighted by Gasteiger charge is 2.24. The Kier molecular flexibility index (Phi) is 7.91. The van der Waals surface area contributed by atoms with Crippen LogP contribution in [0.1, 0.15) is 26.2 Å². The zero-order valence-corrected chi connectivity index (χ0v) is 17.0. The molecule has 2 atom stereocenters. The Balaban J connectivity index is 1.36. The molecule has 3 rings (SSSR count). The molecule has 6 nitrogen and oxygen atoms in total. The van der Waals surface area contributed by atoms with Gasteiger partial charge in [0.15, 0.2) is 17.5 Å². The predicted molar refractivity (Wildman–Crippen MR) is 109 cm³/mol. The van der Waals surface area contributed by atoms with Crippen molar-refractivity contribution in [3.05, 3.63) is 30.1 Å². The van der Waals surface area contributed by atoms with Crippen molar-refractivity contribution in [3.8, 4) is 5.75 Å². The van der Waals surface area contributed by atoms with E-state index in [9.17, 15) is 4.39 Å². The summed E-state index contributed by atoms with van der Waals surface area (Å²) in [5.74, 6) is 1.41. The summed E-state index contributed by atoms with van der Waals surface area (Å²) >= 11 is 0. The Morgan fingerprint density at radius 3 is 2.79 bits per heavy atom. The first-order valence-electron chi connectivity index (χ1n) is 10.3. The number of hydrogen-bond acceptors (Lipinski definition) is 4. The van der Waals surface area contributed by atoms with Crippen molar-refractivity contribution < 1.29 is 13.9 Å². The first-order valence-corrected chi connectivity index (χ1v) is 10.3. The maximum Gasteiger partial charge on any atom is 0.191 e. The average molecular weight is 393 g/mol. The van der Waals surface area contributed by atoms with Crippen molar-refractivity contribution in [3.63, 3.8) is 0 Å². The van der Waals surface area contributed by atoms with E-state index in [4.69, 9.17) is 9.47 Å². The van der Waals surface area contributed by atoms with E-state index in [2.05, 4.69) is 20.5 Å². The molecule has 2 fully saturated rings. The van der Waals surface area contributed by atoms with Gasteiger partial charge in [0.25, 0.3) is 0 Å². The van der Waals surface area contributed by atoms with Crippen LogP contribution in [0, 0.1) is 11.7 Å². The van der Waals surface area contributed by atoms with E-state index in [-0.39, 0.29) is 17.7 Å². The Bertz CT molecular complexity index is 629. The van der Waals surface area contributed by atoms with E-state index in [1.54, 1.807) is 25.2 Å². The molecule has 2 heterocycles. The molecule has 7 heteroatoms. The third kappa shape index (κ3) is 6.34. The number of nitrogens with zero attached hydrogens (tertiary/aromatic N) is 2. The minimum atomic E-state index is -0.340. The van der Waals surface area contributed by atoms with E-state index in [1.807, 2.05) is 6.92 Å². The van der Waals surface area contributed by atoms with Gasteiger partial charge in [-0.25, -0.2) is 4.39 Å². The lowest BCUT2D eigenvalue weighted by atomic mass is 10.0. The number of piperidine rings is 1. The summed E-state index contributed by atoms with van der Waals surface area (Å²) in [5, 5.41) is 6.80. The molecule has 0 saturated carbocycles. The van der Waals surface area contributed by atoms with Crippen LogP contribution < -0.4 is 15.4 Å². The lowest BCUT2D eigenvalue weighted by Crippen LogP contribution is -2.50. The van der Waals surface area contributed by atoms with Crippen molar-refractivity contribution in [2.75, 3.05) is 46.4 Å². The number of guanidine groups is 1. The van der Waals surface area contributed by atoms with Crippen LogP contribution in [0.5, 0.6) is 5.75 Å². The molecule has 0 bridgehead atoms. The van der Waals surface area contributed by atoms with E-state index in [1.165, 1.54) is 12.5 Å². The molecule has 1 aromatic carbocycles. The summed E-state index contributed by atoms with van der Waals surface area (Å²) in [6.45, 7) is 7.68. The number of hydrogen-bond donors (Lipinski definition) is 2. The van der Waals surface area contributed by atoms with Crippen LogP contribution in [0.4, 0.5) is 4.39 Å². The van der Waals surface area contributed by atoms with Crippen molar-refractivity contribution in [2.24, 2.45) is 10.9 Å².